The number of esters is 2. The van der Waals surface area contributed by atoms with Gasteiger partial charge in [0, 0.05) is 52.4 Å². The second-order valence-corrected chi connectivity index (χ2v) is 10.8. The average molecular weight is 441 g/mol. The molecule has 0 saturated carbocycles. The first kappa shape index (κ1) is 26.0. The van der Waals surface area contributed by atoms with Crippen molar-refractivity contribution in [2.45, 2.75) is 59.2 Å². The summed E-state index contributed by atoms with van der Waals surface area (Å²) in [6.07, 6.45) is 1.15. The Kier molecular flexibility index (Phi) is 9.73. The number of ether oxygens (including phenoxy) is 2. The first-order valence-electron chi connectivity index (χ1n) is 11.7. The molecule has 0 radical (unpaired) electrons. The normalized spacial score (nSPS) is 25.2. The van der Waals surface area contributed by atoms with Crippen molar-refractivity contribution in [3.63, 3.8) is 0 Å². The zero-order valence-electron chi connectivity index (χ0n) is 20.6. The molecular weight excluding hydrogens is 396 g/mol. The predicted molar refractivity (Wildman–Crippen MR) is 122 cm³/mol. The standard InChI is InChI=1S/C23H44N4O4/c1-22(2,3)30-20(28)18-26-14-10-24-8-7-9-25(11-15-26)13-17-27(16-12-24)19-21(29)31-23(4,5)6/h7-19H2,1-6H3. The monoisotopic (exact) mass is 440 g/mol. The van der Waals surface area contributed by atoms with Crippen LogP contribution in [-0.2, 0) is 19.1 Å². The first-order valence-corrected chi connectivity index (χ1v) is 11.7. The Morgan fingerprint density at radius 2 is 0.903 bits per heavy atom. The van der Waals surface area contributed by atoms with E-state index < -0.39 is 11.2 Å². The molecule has 2 rings (SSSR count). The van der Waals surface area contributed by atoms with E-state index in [1.165, 1.54) is 0 Å². The SMILES string of the molecule is CC(C)(C)OC(=O)CN1CCN2CCCN(CC1)CCN(CC(=O)OC(C)(C)C)CC2. The molecular formula is C23H44N4O4. The molecule has 8 nitrogen and oxygen atoms in total. The van der Waals surface area contributed by atoms with E-state index in [-0.39, 0.29) is 11.9 Å². The Bertz CT molecular complexity index is 519. The Morgan fingerprint density at radius 3 is 1.19 bits per heavy atom. The minimum absolute atomic E-state index is 0.154. The molecule has 0 spiro atoms. The smallest absolute Gasteiger partial charge is 0.320 e. The van der Waals surface area contributed by atoms with Gasteiger partial charge in [-0.1, -0.05) is 0 Å². The minimum atomic E-state index is -0.454. The molecule has 8 heteroatoms. The summed E-state index contributed by atoms with van der Waals surface area (Å²) in [5.74, 6) is -0.309. The lowest BCUT2D eigenvalue weighted by atomic mass is 10.2. The van der Waals surface area contributed by atoms with E-state index in [0.29, 0.717) is 13.1 Å². The second-order valence-electron chi connectivity index (χ2n) is 10.8. The topological polar surface area (TPSA) is 65.6 Å². The van der Waals surface area contributed by atoms with Crippen LogP contribution in [0.25, 0.3) is 0 Å². The highest BCUT2D eigenvalue weighted by Crippen LogP contribution is 2.11. The number of hydrogen-bond acceptors (Lipinski definition) is 8. The maximum absolute atomic E-state index is 12.4. The molecule has 0 aromatic heterocycles. The van der Waals surface area contributed by atoms with Crippen LogP contribution < -0.4 is 0 Å². The molecule has 2 aliphatic heterocycles. The Labute approximate surface area is 188 Å². The van der Waals surface area contributed by atoms with E-state index in [1.807, 2.05) is 41.5 Å². The third kappa shape index (κ3) is 11.3. The van der Waals surface area contributed by atoms with Gasteiger partial charge in [-0.25, -0.2) is 0 Å². The van der Waals surface area contributed by atoms with Gasteiger partial charge in [-0.05, 0) is 61.1 Å². The molecule has 0 atom stereocenters. The fraction of sp³-hybridized carbons (Fsp3) is 0.913. The van der Waals surface area contributed by atoms with E-state index in [1.54, 1.807) is 0 Å². The van der Waals surface area contributed by atoms with Gasteiger partial charge in [-0.3, -0.25) is 19.4 Å². The summed E-state index contributed by atoms with van der Waals surface area (Å²) in [6.45, 7) is 21.3. The summed E-state index contributed by atoms with van der Waals surface area (Å²) in [5, 5.41) is 0. The molecule has 2 fully saturated rings. The van der Waals surface area contributed by atoms with Gasteiger partial charge in [0.1, 0.15) is 11.2 Å². The van der Waals surface area contributed by atoms with Gasteiger partial charge in [0.25, 0.3) is 0 Å². The molecule has 0 amide bonds. The van der Waals surface area contributed by atoms with Crippen molar-refractivity contribution in [3.8, 4) is 0 Å². The predicted octanol–water partition coefficient (Wildman–Crippen LogP) is 1.30. The Morgan fingerprint density at radius 1 is 0.581 bits per heavy atom. The van der Waals surface area contributed by atoms with Gasteiger partial charge < -0.3 is 19.3 Å². The summed E-state index contributed by atoms with van der Waals surface area (Å²) in [4.78, 5) is 34.1. The molecule has 180 valence electrons. The van der Waals surface area contributed by atoms with Crippen LogP contribution in [0, 0.1) is 0 Å². The second kappa shape index (κ2) is 11.6. The lowest BCUT2D eigenvalue weighted by Crippen LogP contribution is -2.50. The average Bonchev–Trinajstić information content (AvgIpc) is 2.60. The minimum Gasteiger partial charge on any atom is -0.459 e. The molecule has 0 aliphatic carbocycles. The molecule has 2 heterocycles. The van der Waals surface area contributed by atoms with Gasteiger partial charge >= 0.3 is 11.9 Å². The van der Waals surface area contributed by atoms with Crippen LogP contribution in [0.5, 0.6) is 0 Å². The summed E-state index contributed by atoms with van der Waals surface area (Å²) >= 11 is 0. The maximum atomic E-state index is 12.4. The molecule has 2 saturated heterocycles. The Hall–Kier alpha value is -1.22. The van der Waals surface area contributed by atoms with Crippen molar-refractivity contribution in [2.75, 3.05) is 78.5 Å². The number of hydrogen-bond donors (Lipinski definition) is 0. The van der Waals surface area contributed by atoms with E-state index >= 15 is 0 Å². The Balaban J connectivity index is 1.97. The van der Waals surface area contributed by atoms with Crippen LogP contribution in [0.4, 0.5) is 0 Å². The third-order valence-corrected chi connectivity index (χ3v) is 5.42. The van der Waals surface area contributed by atoms with Crippen LogP contribution in [0.15, 0.2) is 0 Å². The number of carbonyl (C=O) groups is 2. The van der Waals surface area contributed by atoms with Crippen molar-refractivity contribution in [1.82, 2.24) is 19.6 Å². The van der Waals surface area contributed by atoms with Crippen molar-refractivity contribution in [1.29, 1.82) is 0 Å². The molecule has 0 aromatic rings. The van der Waals surface area contributed by atoms with Crippen molar-refractivity contribution in [2.24, 2.45) is 0 Å². The van der Waals surface area contributed by atoms with E-state index in [9.17, 15) is 9.59 Å². The zero-order chi connectivity index (χ0) is 23.1. The van der Waals surface area contributed by atoms with Crippen LogP contribution in [0.1, 0.15) is 48.0 Å². The number of nitrogens with zero attached hydrogens (tertiary/aromatic N) is 4. The summed E-state index contributed by atoms with van der Waals surface area (Å²) in [7, 11) is 0. The van der Waals surface area contributed by atoms with Crippen LogP contribution >= 0.6 is 0 Å². The van der Waals surface area contributed by atoms with Gasteiger partial charge in [-0.2, -0.15) is 0 Å². The van der Waals surface area contributed by atoms with Crippen LogP contribution in [0.2, 0.25) is 0 Å². The summed E-state index contributed by atoms with van der Waals surface area (Å²) < 4.78 is 11.1. The number of fused-ring (bicyclic) bond motifs is 4. The molecule has 0 aromatic carbocycles. The fourth-order valence-electron chi connectivity index (χ4n) is 3.97. The highest BCUT2D eigenvalue weighted by atomic mass is 16.6. The van der Waals surface area contributed by atoms with Gasteiger partial charge in [-0.15, -0.1) is 0 Å². The first-order chi connectivity index (χ1) is 14.4. The van der Waals surface area contributed by atoms with Crippen molar-refractivity contribution in [3.05, 3.63) is 0 Å². The van der Waals surface area contributed by atoms with E-state index in [0.717, 1.165) is 71.9 Å². The van der Waals surface area contributed by atoms with Crippen molar-refractivity contribution < 1.29 is 19.1 Å². The lowest BCUT2D eigenvalue weighted by molar-refractivity contribution is -0.157. The van der Waals surface area contributed by atoms with E-state index in [2.05, 4.69) is 19.6 Å². The van der Waals surface area contributed by atoms with Gasteiger partial charge in [0.15, 0.2) is 0 Å². The maximum Gasteiger partial charge on any atom is 0.320 e. The highest BCUT2D eigenvalue weighted by molar-refractivity contribution is 5.72. The summed E-state index contributed by atoms with van der Waals surface area (Å²) in [6, 6.07) is 0. The molecule has 0 unspecified atom stereocenters. The van der Waals surface area contributed by atoms with Crippen LogP contribution in [-0.4, -0.2) is 121 Å². The molecule has 31 heavy (non-hydrogen) atoms. The summed E-state index contributed by atoms with van der Waals surface area (Å²) in [5.41, 5.74) is -0.907. The molecule has 0 N–H and O–H groups in total. The zero-order valence-corrected chi connectivity index (χ0v) is 20.6. The lowest BCUT2D eigenvalue weighted by Gasteiger charge is -2.36. The van der Waals surface area contributed by atoms with Crippen molar-refractivity contribution >= 4 is 11.9 Å². The molecule has 2 bridgehead atoms. The largest absolute Gasteiger partial charge is 0.459 e. The highest BCUT2D eigenvalue weighted by Gasteiger charge is 2.24. The van der Waals surface area contributed by atoms with Crippen LogP contribution in [0.3, 0.4) is 0 Å². The number of rotatable bonds is 4. The van der Waals surface area contributed by atoms with Gasteiger partial charge in [0.2, 0.25) is 0 Å². The van der Waals surface area contributed by atoms with E-state index in [4.69, 9.17) is 9.47 Å². The fourth-order valence-corrected chi connectivity index (χ4v) is 3.97. The molecule has 2 aliphatic rings. The third-order valence-electron chi connectivity index (χ3n) is 5.42. The number of carbonyl (C=O) groups excluding carboxylic acids is 2. The van der Waals surface area contributed by atoms with Gasteiger partial charge in [0.05, 0.1) is 13.1 Å². The quantitative estimate of drug-likeness (QED) is 0.606.